The molecule has 5 heteroatoms. The highest BCUT2D eigenvalue weighted by atomic mass is 19.1. The monoisotopic (exact) mass is 402 g/mol. The molecule has 2 atom stereocenters. The molecule has 0 heterocycles. The van der Waals surface area contributed by atoms with Gasteiger partial charge in [-0.3, -0.25) is 9.59 Å². The van der Waals surface area contributed by atoms with Crippen molar-refractivity contribution in [2.75, 3.05) is 6.61 Å². The van der Waals surface area contributed by atoms with E-state index >= 15 is 0 Å². The quantitative estimate of drug-likeness (QED) is 0.465. The maximum absolute atomic E-state index is 14.1. The fourth-order valence-electron chi connectivity index (χ4n) is 4.52. The van der Waals surface area contributed by atoms with Crippen LogP contribution >= 0.6 is 0 Å². The Morgan fingerprint density at radius 1 is 1.14 bits per heavy atom. The largest absolute Gasteiger partial charge is 0.465 e. The number of esters is 1. The predicted molar refractivity (Wildman–Crippen MR) is 107 cm³/mol. The van der Waals surface area contributed by atoms with Crippen molar-refractivity contribution >= 4 is 11.8 Å². The highest BCUT2D eigenvalue weighted by Crippen LogP contribution is 2.38. The van der Waals surface area contributed by atoms with Crippen LogP contribution in [0.2, 0.25) is 0 Å². The van der Waals surface area contributed by atoms with Gasteiger partial charge in [0, 0.05) is 12.0 Å². The van der Waals surface area contributed by atoms with Gasteiger partial charge in [-0.05, 0) is 68.9 Å². The number of hydrogen-bond donors (Lipinski definition) is 0. The molecule has 3 rings (SSSR count). The number of benzene rings is 1. The minimum absolute atomic E-state index is 0.0974. The standard InChI is InChI=1S/C24H28F2O3/c1-2-29-24(28)21(14-19-12-13-20(25)15-22(19)26)23(27)18-10-8-17(9-11-18)16-6-4-3-5-7-16/h3-6,12-13,15-18,21H,2,7-11,14H2,1H3/t16?,17-,18-,21?. The summed E-state index contributed by atoms with van der Waals surface area (Å²) in [5.74, 6) is -2.42. The zero-order valence-corrected chi connectivity index (χ0v) is 16.8. The Bertz CT molecular complexity index is 791. The van der Waals surface area contributed by atoms with Gasteiger partial charge >= 0.3 is 5.97 Å². The summed E-state index contributed by atoms with van der Waals surface area (Å²) in [4.78, 5) is 25.6. The molecule has 0 aromatic heterocycles. The number of allylic oxidation sites excluding steroid dienone is 4. The van der Waals surface area contributed by atoms with Crippen molar-refractivity contribution in [3.8, 4) is 0 Å². The van der Waals surface area contributed by atoms with Gasteiger partial charge in [0.05, 0.1) is 6.61 Å². The lowest BCUT2D eigenvalue weighted by atomic mass is 9.71. The van der Waals surface area contributed by atoms with Gasteiger partial charge in [-0.15, -0.1) is 0 Å². The van der Waals surface area contributed by atoms with E-state index in [-0.39, 0.29) is 30.3 Å². The molecule has 0 N–H and O–H groups in total. The van der Waals surface area contributed by atoms with Crippen LogP contribution in [0.4, 0.5) is 8.78 Å². The van der Waals surface area contributed by atoms with E-state index in [1.54, 1.807) is 6.92 Å². The Kier molecular flexibility index (Phi) is 7.34. The lowest BCUT2D eigenvalue weighted by Gasteiger charge is -2.33. The van der Waals surface area contributed by atoms with Crippen LogP contribution in [0.3, 0.4) is 0 Å². The Labute approximate surface area is 170 Å². The minimum atomic E-state index is -1.05. The summed E-state index contributed by atoms with van der Waals surface area (Å²) in [6.07, 6.45) is 12.9. The zero-order valence-electron chi connectivity index (χ0n) is 16.8. The minimum Gasteiger partial charge on any atom is -0.465 e. The first kappa shape index (κ1) is 21.4. The summed E-state index contributed by atoms with van der Waals surface area (Å²) in [6, 6.07) is 3.21. The highest BCUT2D eigenvalue weighted by molar-refractivity contribution is 6.00. The van der Waals surface area contributed by atoms with Crippen molar-refractivity contribution in [2.45, 2.75) is 45.4 Å². The number of carbonyl (C=O) groups is 2. The van der Waals surface area contributed by atoms with Crippen LogP contribution in [0, 0.1) is 35.3 Å². The number of ketones is 1. The van der Waals surface area contributed by atoms with Crippen molar-refractivity contribution in [3.05, 3.63) is 59.7 Å². The van der Waals surface area contributed by atoms with Crippen LogP contribution < -0.4 is 0 Å². The summed E-state index contributed by atoms with van der Waals surface area (Å²) >= 11 is 0. The number of hydrogen-bond acceptors (Lipinski definition) is 3. The topological polar surface area (TPSA) is 43.4 Å². The third-order valence-corrected chi connectivity index (χ3v) is 6.15. The molecule has 2 aliphatic carbocycles. The van der Waals surface area contributed by atoms with Gasteiger partial charge in [0.15, 0.2) is 5.78 Å². The first-order valence-electron chi connectivity index (χ1n) is 10.5. The molecule has 0 saturated heterocycles. The van der Waals surface area contributed by atoms with Crippen LogP contribution in [-0.4, -0.2) is 18.4 Å². The second-order valence-corrected chi connectivity index (χ2v) is 7.97. The molecule has 3 nitrogen and oxygen atoms in total. The Hall–Kier alpha value is -2.30. The molecule has 1 aromatic rings. The zero-order chi connectivity index (χ0) is 20.8. The third kappa shape index (κ3) is 5.40. The molecule has 1 fully saturated rings. The molecule has 29 heavy (non-hydrogen) atoms. The normalized spacial score (nSPS) is 24.9. The van der Waals surface area contributed by atoms with Crippen LogP contribution in [0.25, 0.3) is 0 Å². The molecule has 156 valence electrons. The number of rotatable bonds is 7. The Morgan fingerprint density at radius 3 is 2.52 bits per heavy atom. The fourth-order valence-corrected chi connectivity index (χ4v) is 4.52. The number of carbonyl (C=O) groups excluding carboxylic acids is 2. The van der Waals surface area contributed by atoms with Crippen molar-refractivity contribution in [1.29, 1.82) is 0 Å². The van der Waals surface area contributed by atoms with E-state index in [4.69, 9.17) is 4.74 Å². The van der Waals surface area contributed by atoms with Gasteiger partial charge in [-0.1, -0.05) is 30.4 Å². The predicted octanol–water partition coefficient (Wildman–Crippen LogP) is 5.19. The van der Waals surface area contributed by atoms with E-state index in [0.29, 0.717) is 11.8 Å². The lowest BCUT2D eigenvalue weighted by Crippen LogP contribution is -2.35. The molecule has 2 aliphatic rings. The van der Waals surface area contributed by atoms with E-state index in [1.165, 1.54) is 6.07 Å². The van der Waals surface area contributed by atoms with Gasteiger partial charge in [-0.25, -0.2) is 8.78 Å². The van der Waals surface area contributed by atoms with E-state index in [9.17, 15) is 18.4 Å². The molecular weight excluding hydrogens is 374 g/mol. The van der Waals surface area contributed by atoms with Crippen LogP contribution in [0.5, 0.6) is 0 Å². The maximum atomic E-state index is 14.1. The van der Waals surface area contributed by atoms with Crippen molar-refractivity contribution in [1.82, 2.24) is 0 Å². The maximum Gasteiger partial charge on any atom is 0.316 e. The molecule has 0 radical (unpaired) electrons. The summed E-state index contributed by atoms with van der Waals surface area (Å²) < 4.78 is 32.4. The summed E-state index contributed by atoms with van der Waals surface area (Å²) in [5.41, 5.74) is 0.158. The fraction of sp³-hybridized carbons (Fsp3) is 0.500. The first-order chi connectivity index (χ1) is 14.0. The SMILES string of the molecule is CCOC(=O)C(Cc1ccc(F)cc1F)C(=O)[C@H]1CC[C@H](C2C=CC=CC2)CC1. The average Bonchev–Trinajstić information content (AvgIpc) is 2.73. The molecule has 1 aromatic carbocycles. The van der Waals surface area contributed by atoms with Crippen molar-refractivity contribution in [2.24, 2.45) is 23.7 Å². The number of halogens is 2. The smallest absolute Gasteiger partial charge is 0.316 e. The van der Waals surface area contributed by atoms with Gasteiger partial charge in [0.1, 0.15) is 17.6 Å². The van der Waals surface area contributed by atoms with Crippen LogP contribution in [0.15, 0.2) is 42.5 Å². The molecule has 0 aliphatic heterocycles. The lowest BCUT2D eigenvalue weighted by molar-refractivity contribution is -0.153. The van der Waals surface area contributed by atoms with Crippen LogP contribution in [0.1, 0.15) is 44.6 Å². The van der Waals surface area contributed by atoms with E-state index in [0.717, 1.165) is 44.2 Å². The summed E-state index contributed by atoms with van der Waals surface area (Å²) in [6.45, 7) is 1.83. The second kappa shape index (κ2) is 9.95. The summed E-state index contributed by atoms with van der Waals surface area (Å²) in [7, 11) is 0. The van der Waals surface area contributed by atoms with E-state index in [1.807, 2.05) is 0 Å². The third-order valence-electron chi connectivity index (χ3n) is 6.15. The number of ether oxygens (including phenoxy) is 1. The summed E-state index contributed by atoms with van der Waals surface area (Å²) in [5, 5.41) is 0. The molecule has 0 spiro atoms. The van der Waals surface area contributed by atoms with Gasteiger partial charge < -0.3 is 4.74 Å². The Balaban J connectivity index is 1.67. The highest BCUT2D eigenvalue weighted by Gasteiger charge is 2.37. The molecule has 0 bridgehead atoms. The molecule has 0 amide bonds. The van der Waals surface area contributed by atoms with Gasteiger partial charge in [-0.2, -0.15) is 0 Å². The molecule has 1 saturated carbocycles. The van der Waals surface area contributed by atoms with Crippen molar-refractivity contribution < 1.29 is 23.1 Å². The van der Waals surface area contributed by atoms with Crippen molar-refractivity contribution in [3.63, 3.8) is 0 Å². The van der Waals surface area contributed by atoms with E-state index in [2.05, 4.69) is 24.3 Å². The first-order valence-corrected chi connectivity index (χ1v) is 10.5. The molecule has 2 unspecified atom stereocenters. The van der Waals surface area contributed by atoms with Crippen LogP contribution in [-0.2, 0) is 20.7 Å². The average molecular weight is 402 g/mol. The Morgan fingerprint density at radius 2 is 1.90 bits per heavy atom. The number of Topliss-reactive ketones (excluding diaryl/α,β-unsaturated/α-hetero) is 1. The van der Waals surface area contributed by atoms with Gasteiger partial charge in [0.2, 0.25) is 0 Å². The molecular formula is C24H28F2O3. The second-order valence-electron chi connectivity index (χ2n) is 7.97. The van der Waals surface area contributed by atoms with Gasteiger partial charge in [0.25, 0.3) is 0 Å². The van der Waals surface area contributed by atoms with E-state index < -0.39 is 23.5 Å².